The molecule has 0 unspecified atom stereocenters. The van der Waals surface area contributed by atoms with Gasteiger partial charge in [0.25, 0.3) is 0 Å². The average Bonchev–Trinajstić information content (AvgIpc) is 2.56. The topological polar surface area (TPSA) is 29.1 Å². The minimum Gasteiger partial charge on any atom is -0.316 e. The predicted molar refractivity (Wildman–Crippen MR) is 103 cm³/mol. The second-order valence-electron chi connectivity index (χ2n) is 6.26. The molecular weight excluding hydrogens is 325 g/mol. The molecule has 2 nitrogen and oxygen atoms in total. The molecule has 0 fully saturated rings. The monoisotopic (exact) mass is 357 g/mol. The molecule has 4 heteroatoms. The van der Waals surface area contributed by atoms with E-state index in [4.69, 9.17) is 0 Å². The molecule has 1 aromatic carbocycles. The normalized spacial score (nSPS) is 10.4. The Balaban J connectivity index is 0.00000529. The first kappa shape index (κ1) is 23.1. The third kappa shape index (κ3) is 11.6. The molecule has 0 saturated heterocycles. The van der Waals surface area contributed by atoms with Crippen LogP contribution in [0.1, 0.15) is 81.5 Å². The second kappa shape index (κ2) is 15.6. The van der Waals surface area contributed by atoms with Gasteiger partial charge < -0.3 is 5.32 Å². The Morgan fingerprint density at radius 2 is 1.42 bits per heavy atom. The molecule has 0 aliphatic rings. The van der Waals surface area contributed by atoms with Crippen molar-refractivity contribution >= 4 is 18.2 Å². The third-order valence-corrected chi connectivity index (χ3v) is 4.15. The molecule has 0 aromatic heterocycles. The van der Waals surface area contributed by atoms with Crippen molar-refractivity contribution in [3.8, 4) is 0 Å². The van der Waals surface area contributed by atoms with Crippen molar-refractivity contribution < 1.29 is 9.18 Å². The van der Waals surface area contributed by atoms with Crippen molar-refractivity contribution in [1.82, 2.24) is 5.32 Å². The van der Waals surface area contributed by atoms with E-state index >= 15 is 0 Å². The average molecular weight is 358 g/mol. The summed E-state index contributed by atoms with van der Waals surface area (Å²) in [7, 11) is 0. The van der Waals surface area contributed by atoms with Crippen LogP contribution in [0.3, 0.4) is 0 Å². The number of unbranched alkanes of at least 4 members (excludes halogenated alkanes) is 8. The summed E-state index contributed by atoms with van der Waals surface area (Å²) in [5, 5.41) is 3.32. The van der Waals surface area contributed by atoms with E-state index in [-0.39, 0.29) is 24.0 Å². The fraction of sp³-hybridized carbons (Fsp3) is 0.650. The molecule has 0 atom stereocenters. The zero-order chi connectivity index (χ0) is 16.8. The lowest BCUT2D eigenvalue weighted by Gasteiger charge is -2.05. The molecule has 0 spiro atoms. The highest BCUT2D eigenvalue weighted by Gasteiger charge is 2.04. The fourth-order valence-electron chi connectivity index (χ4n) is 2.67. The number of ketones is 1. The number of Topliss-reactive ketones (excluding diaryl/α,β-unsaturated/α-hetero) is 1. The van der Waals surface area contributed by atoms with Crippen molar-refractivity contribution in [3.63, 3.8) is 0 Å². The smallest absolute Gasteiger partial charge is 0.164 e. The molecule has 0 radical (unpaired) electrons. The van der Waals surface area contributed by atoms with Crippen LogP contribution in [0.5, 0.6) is 0 Å². The van der Waals surface area contributed by atoms with Gasteiger partial charge in [0.1, 0.15) is 5.82 Å². The second-order valence-corrected chi connectivity index (χ2v) is 6.26. The molecule has 138 valence electrons. The van der Waals surface area contributed by atoms with Crippen LogP contribution in [0.2, 0.25) is 0 Å². The van der Waals surface area contributed by atoms with Gasteiger partial charge in [-0.05, 0) is 37.2 Å². The van der Waals surface area contributed by atoms with Crippen molar-refractivity contribution in [2.75, 3.05) is 13.1 Å². The summed E-state index contributed by atoms with van der Waals surface area (Å²) in [6.45, 7) is 3.93. The summed E-state index contributed by atoms with van der Waals surface area (Å²) >= 11 is 0. The van der Waals surface area contributed by atoms with E-state index < -0.39 is 0 Å². The standard InChI is InChI=1S/C20H32FNO.ClH/c1-2-3-4-5-6-7-8-9-10-16-22-17-15-20(23)18-11-13-19(21)14-12-18;/h11-14,22H,2-10,15-17H2,1H3;1H. The Labute approximate surface area is 153 Å². The molecule has 0 aliphatic heterocycles. The van der Waals surface area contributed by atoms with E-state index in [0.717, 1.165) is 6.54 Å². The highest BCUT2D eigenvalue weighted by molar-refractivity contribution is 5.96. The Hall–Kier alpha value is -0.930. The van der Waals surface area contributed by atoms with Crippen LogP contribution in [-0.2, 0) is 0 Å². The van der Waals surface area contributed by atoms with Crippen molar-refractivity contribution in [2.45, 2.75) is 71.1 Å². The van der Waals surface area contributed by atoms with Gasteiger partial charge in [-0.25, -0.2) is 4.39 Å². The van der Waals surface area contributed by atoms with Crippen LogP contribution in [0, 0.1) is 5.82 Å². The molecule has 0 amide bonds. The molecule has 1 aromatic rings. The van der Waals surface area contributed by atoms with Gasteiger partial charge in [0.15, 0.2) is 5.78 Å². The molecule has 1 N–H and O–H groups in total. The number of carbonyl (C=O) groups excluding carboxylic acids is 1. The minimum atomic E-state index is -0.301. The lowest BCUT2D eigenvalue weighted by Crippen LogP contribution is -2.19. The summed E-state index contributed by atoms with van der Waals surface area (Å²) in [5.41, 5.74) is 0.594. The predicted octanol–water partition coefficient (Wildman–Crippen LogP) is 5.94. The zero-order valence-corrected chi connectivity index (χ0v) is 15.8. The Morgan fingerprint density at radius 3 is 2.00 bits per heavy atom. The van der Waals surface area contributed by atoms with Gasteiger partial charge in [0, 0.05) is 18.5 Å². The number of hydrogen-bond acceptors (Lipinski definition) is 2. The summed E-state index contributed by atoms with van der Waals surface area (Å²) < 4.78 is 12.8. The summed E-state index contributed by atoms with van der Waals surface area (Å²) in [5.74, 6) is -0.227. The first-order valence-electron chi connectivity index (χ1n) is 9.23. The molecule has 0 heterocycles. The number of carbonyl (C=O) groups is 1. The summed E-state index contributed by atoms with van der Waals surface area (Å²) in [6, 6.07) is 5.78. The first-order chi connectivity index (χ1) is 11.2. The SMILES string of the molecule is CCCCCCCCCCCNCCC(=O)c1ccc(F)cc1.Cl. The highest BCUT2D eigenvalue weighted by atomic mass is 35.5. The van der Waals surface area contributed by atoms with Crippen LogP contribution in [0.25, 0.3) is 0 Å². The lowest BCUT2D eigenvalue weighted by atomic mass is 10.1. The fourth-order valence-corrected chi connectivity index (χ4v) is 2.67. The van der Waals surface area contributed by atoms with Gasteiger partial charge in [0.05, 0.1) is 0 Å². The van der Waals surface area contributed by atoms with E-state index in [1.807, 2.05) is 0 Å². The maximum absolute atomic E-state index is 12.8. The lowest BCUT2D eigenvalue weighted by molar-refractivity contribution is 0.0982. The van der Waals surface area contributed by atoms with Crippen LogP contribution >= 0.6 is 12.4 Å². The molecule has 0 saturated carbocycles. The maximum atomic E-state index is 12.8. The summed E-state index contributed by atoms with van der Waals surface area (Å²) in [6.07, 6.45) is 12.4. The molecule has 0 bridgehead atoms. The van der Waals surface area contributed by atoms with Gasteiger partial charge in [-0.2, -0.15) is 0 Å². The number of hydrogen-bond donors (Lipinski definition) is 1. The highest BCUT2D eigenvalue weighted by Crippen LogP contribution is 2.09. The zero-order valence-electron chi connectivity index (χ0n) is 15.0. The number of halogens is 2. The molecular formula is C20H33ClFNO. The van der Waals surface area contributed by atoms with Crippen molar-refractivity contribution in [3.05, 3.63) is 35.6 Å². The Bertz CT molecular complexity index is 422. The van der Waals surface area contributed by atoms with E-state index in [0.29, 0.717) is 18.5 Å². The number of benzene rings is 1. The Kier molecular flexibility index (Phi) is 15.0. The van der Waals surface area contributed by atoms with Gasteiger partial charge in [0.2, 0.25) is 0 Å². The summed E-state index contributed by atoms with van der Waals surface area (Å²) in [4.78, 5) is 11.9. The molecule has 24 heavy (non-hydrogen) atoms. The van der Waals surface area contributed by atoms with Crippen LogP contribution < -0.4 is 5.32 Å². The van der Waals surface area contributed by atoms with E-state index in [1.54, 1.807) is 12.1 Å². The largest absolute Gasteiger partial charge is 0.316 e. The first-order valence-corrected chi connectivity index (χ1v) is 9.23. The quantitative estimate of drug-likeness (QED) is 0.329. The third-order valence-electron chi connectivity index (χ3n) is 4.15. The maximum Gasteiger partial charge on any atom is 0.164 e. The van der Waals surface area contributed by atoms with Crippen LogP contribution in [-0.4, -0.2) is 18.9 Å². The van der Waals surface area contributed by atoms with Gasteiger partial charge in [-0.15, -0.1) is 12.4 Å². The van der Waals surface area contributed by atoms with Gasteiger partial charge in [-0.3, -0.25) is 4.79 Å². The number of rotatable bonds is 14. The van der Waals surface area contributed by atoms with E-state index in [2.05, 4.69) is 12.2 Å². The molecule has 0 aliphatic carbocycles. The van der Waals surface area contributed by atoms with Gasteiger partial charge in [-0.1, -0.05) is 58.3 Å². The van der Waals surface area contributed by atoms with Gasteiger partial charge >= 0.3 is 0 Å². The van der Waals surface area contributed by atoms with Crippen molar-refractivity contribution in [1.29, 1.82) is 0 Å². The number of nitrogens with one attached hydrogen (secondary N) is 1. The minimum absolute atomic E-state index is 0. The van der Waals surface area contributed by atoms with Crippen LogP contribution in [0.15, 0.2) is 24.3 Å². The van der Waals surface area contributed by atoms with Crippen LogP contribution in [0.4, 0.5) is 4.39 Å². The Morgan fingerprint density at radius 1 is 0.875 bits per heavy atom. The van der Waals surface area contributed by atoms with E-state index in [1.165, 1.54) is 69.9 Å². The van der Waals surface area contributed by atoms with E-state index in [9.17, 15) is 9.18 Å². The molecule has 1 rings (SSSR count). The van der Waals surface area contributed by atoms with Crippen molar-refractivity contribution in [2.24, 2.45) is 0 Å².